The van der Waals surface area contributed by atoms with E-state index in [0.717, 1.165) is 0 Å². The average molecular weight is 432 g/mol. The fraction of sp³-hybridized carbons (Fsp3) is 0.895. The molecule has 0 aromatic carbocycles. The maximum absolute atomic E-state index is 11.2. The van der Waals surface area contributed by atoms with Crippen molar-refractivity contribution < 1.29 is 29.5 Å². The van der Waals surface area contributed by atoms with Gasteiger partial charge in [-0.15, -0.1) is 0 Å². The van der Waals surface area contributed by atoms with Crippen molar-refractivity contribution in [1.29, 1.82) is 0 Å². The number of ether oxygens (including phenoxy) is 3. The van der Waals surface area contributed by atoms with Crippen LogP contribution < -0.4 is 28.3 Å². The Bertz CT molecular complexity index is 622. The summed E-state index contributed by atoms with van der Waals surface area (Å²) in [5, 5.41) is 35.1. The molecular weight excluding hydrogens is 394 g/mol. The van der Waals surface area contributed by atoms with Gasteiger partial charge in [0.25, 0.3) is 0 Å². The van der Waals surface area contributed by atoms with Gasteiger partial charge in [-0.1, -0.05) is 0 Å². The summed E-state index contributed by atoms with van der Waals surface area (Å²) >= 11 is 0. The van der Waals surface area contributed by atoms with Crippen LogP contribution in [0.25, 0.3) is 0 Å². The topological polar surface area (TPSA) is 204 Å². The van der Waals surface area contributed by atoms with E-state index in [1.165, 1.54) is 0 Å². The largest absolute Gasteiger partial charge is 0.492 e. The van der Waals surface area contributed by atoms with E-state index >= 15 is 0 Å². The van der Waals surface area contributed by atoms with Crippen molar-refractivity contribution in [1.82, 2.24) is 5.32 Å². The van der Waals surface area contributed by atoms with E-state index in [2.05, 4.69) is 5.32 Å². The molecular formula is C19H37N5O6. The van der Waals surface area contributed by atoms with Gasteiger partial charge in [-0.2, -0.15) is 0 Å². The van der Waals surface area contributed by atoms with Gasteiger partial charge in [-0.05, 0) is 32.9 Å². The van der Waals surface area contributed by atoms with Crippen LogP contribution in [-0.2, 0) is 14.2 Å². The number of nitrogens with two attached hydrogens (primary N) is 4. The lowest BCUT2D eigenvalue weighted by Gasteiger charge is -2.49. The third kappa shape index (κ3) is 4.51. The van der Waals surface area contributed by atoms with Crippen molar-refractivity contribution >= 4 is 0 Å². The van der Waals surface area contributed by atoms with Gasteiger partial charge in [0.1, 0.15) is 29.7 Å². The molecule has 12 N–H and O–H groups in total. The molecule has 0 bridgehead atoms. The van der Waals surface area contributed by atoms with Crippen LogP contribution in [0.3, 0.4) is 0 Å². The van der Waals surface area contributed by atoms with Crippen molar-refractivity contribution in [3.63, 3.8) is 0 Å². The summed E-state index contributed by atoms with van der Waals surface area (Å²) in [7, 11) is 1.63. The molecule has 3 rings (SSSR count). The molecule has 11 atom stereocenters. The lowest BCUT2D eigenvalue weighted by atomic mass is 9.73. The molecule has 0 aromatic heterocycles. The average Bonchev–Trinajstić information content (AvgIpc) is 2.68. The van der Waals surface area contributed by atoms with E-state index in [0.29, 0.717) is 18.6 Å². The SMILES string of the molecule is CN[C@@H]1[C@@H](O)[C@@H](O[C@@H]2[C@@H](O)[C@H](C3OC(CN)=CC[C@H]3N)[C@@H](N)C[C@H]2N)OC[C@]1(C)O. The summed E-state index contributed by atoms with van der Waals surface area (Å²) in [6.07, 6.45) is -1.97. The van der Waals surface area contributed by atoms with Crippen LogP contribution in [0.2, 0.25) is 0 Å². The number of rotatable bonds is 5. The molecule has 1 saturated carbocycles. The first kappa shape index (κ1) is 23.8. The van der Waals surface area contributed by atoms with Crippen LogP contribution in [-0.4, -0.2) is 96.0 Å². The van der Waals surface area contributed by atoms with Crippen LogP contribution in [0.4, 0.5) is 0 Å². The Morgan fingerprint density at radius 3 is 2.53 bits per heavy atom. The van der Waals surface area contributed by atoms with E-state index in [1.807, 2.05) is 6.08 Å². The first-order chi connectivity index (χ1) is 14.1. The standard InChI is InChI=1S/C19H37N5O6/c1-19(27)7-28-18(14(26)17(19)24-2)30-16-11(23)5-10(22)12(13(16)25)15-9(21)4-3-8(6-20)29-15/h3,9-18,24-27H,4-7,20-23H2,1-2H3/t9-,10+,11-,12-,13+,14-,15?,16+,17-,18-,19+/m1/s1. The summed E-state index contributed by atoms with van der Waals surface area (Å²) in [6, 6.07) is -2.08. The monoisotopic (exact) mass is 431 g/mol. The minimum atomic E-state index is -1.28. The normalized spacial score (nSPS) is 50.0. The smallest absolute Gasteiger partial charge is 0.185 e. The van der Waals surface area contributed by atoms with E-state index in [-0.39, 0.29) is 19.2 Å². The summed E-state index contributed by atoms with van der Waals surface area (Å²) in [5.41, 5.74) is 23.3. The van der Waals surface area contributed by atoms with Crippen LogP contribution in [0, 0.1) is 5.92 Å². The number of nitrogens with one attached hydrogen (secondary N) is 1. The summed E-state index contributed by atoms with van der Waals surface area (Å²) in [4.78, 5) is 0. The highest BCUT2D eigenvalue weighted by molar-refractivity contribution is 5.09. The Labute approximate surface area is 176 Å². The number of hydrogen-bond acceptors (Lipinski definition) is 11. The van der Waals surface area contributed by atoms with Gasteiger partial charge >= 0.3 is 0 Å². The van der Waals surface area contributed by atoms with Crippen molar-refractivity contribution in [2.24, 2.45) is 28.9 Å². The molecule has 2 heterocycles. The molecule has 1 saturated heterocycles. The third-order valence-electron chi connectivity index (χ3n) is 6.53. The Kier molecular flexibility index (Phi) is 7.40. The maximum Gasteiger partial charge on any atom is 0.185 e. The van der Waals surface area contributed by atoms with Gasteiger partial charge in [0, 0.05) is 24.0 Å². The van der Waals surface area contributed by atoms with Crippen molar-refractivity contribution in [3.05, 3.63) is 11.8 Å². The van der Waals surface area contributed by atoms with E-state index in [4.69, 9.17) is 37.1 Å². The molecule has 2 fully saturated rings. The Morgan fingerprint density at radius 2 is 1.90 bits per heavy atom. The molecule has 11 heteroatoms. The highest BCUT2D eigenvalue weighted by Gasteiger charge is 2.52. The minimum absolute atomic E-state index is 0.0531. The lowest BCUT2D eigenvalue weighted by Crippen LogP contribution is -2.68. The molecule has 11 nitrogen and oxygen atoms in total. The predicted octanol–water partition coefficient (Wildman–Crippen LogP) is -3.58. The zero-order chi connectivity index (χ0) is 22.2. The second-order valence-electron chi connectivity index (χ2n) is 8.88. The third-order valence-corrected chi connectivity index (χ3v) is 6.53. The van der Waals surface area contributed by atoms with E-state index < -0.39 is 60.4 Å². The molecule has 174 valence electrons. The second kappa shape index (κ2) is 9.33. The highest BCUT2D eigenvalue weighted by atomic mass is 16.7. The van der Waals surface area contributed by atoms with Crippen LogP contribution >= 0.6 is 0 Å². The van der Waals surface area contributed by atoms with Gasteiger partial charge in [0.15, 0.2) is 6.29 Å². The van der Waals surface area contributed by atoms with Crippen molar-refractivity contribution in [3.8, 4) is 0 Å². The molecule has 1 aliphatic carbocycles. The maximum atomic E-state index is 11.2. The summed E-state index contributed by atoms with van der Waals surface area (Å²) in [5.74, 6) is 0.0718. The molecule has 2 aliphatic heterocycles. The fourth-order valence-corrected chi connectivity index (χ4v) is 4.88. The molecule has 0 radical (unpaired) electrons. The summed E-state index contributed by atoms with van der Waals surface area (Å²) < 4.78 is 17.5. The van der Waals surface area contributed by atoms with Crippen LogP contribution in [0.15, 0.2) is 11.8 Å². The van der Waals surface area contributed by atoms with E-state index in [1.54, 1.807) is 14.0 Å². The zero-order valence-corrected chi connectivity index (χ0v) is 17.6. The Morgan fingerprint density at radius 1 is 1.20 bits per heavy atom. The van der Waals surface area contributed by atoms with Crippen LogP contribution in [0.5, 0.6) is 0 Å². The Hall–Kier alpha value is -0.860. The van der Waals surface area contributed by atoms with Crippen LogP contribution in [0.1, 0.15) is 19.8 Å². The number of aliphatic hydroxyl groups excluding tert-OH is 2. The van der Waals surface area contributed by atoms with Gasteiger partial charge in [-0.25, -0.2) is 0 Å². The first-order valence-electron chi connectivity index (χ1n) is 10.5. The molecule has 0 aromatic rings. The number of likely N-dealkylation sites (N-methyl/N-ethyl adjacent to an activating group) is 1. The zero-order valence-electron chi connectivity index (χ0n) is 17.6. The fourth-order valence-electron chi connectivity index (χ4n) is 4.88. The molecule has 0 amide bonds. The quantitative estimate of drug-likeness (QED) is 0.214. The van der Waals surface area contributed by atoms with Crippen molar-refractivity contribution in [2.45, 2.75) is 80.2 Å². The van der Waals surface area contributed by atoms with Gasteiger partial charge in [-0.3, -0.25) is 0 Å². The lowest BCUT2D eigenvalue weighted by molar-refractivity contribution is -0.296. The molecule has 1 unspecified atom stereocenters. The van der Waals surface area contributed by atoms with Gasteiger partial charge in [0.05, 0.1) is 25.3 Å². The number of aliphatic hydroxyl groups is 3. The van der Waals surface area contributed by atoms with Crippen molar-refractivity contribution in [2.75, 3.05) is 20.2 Å². The highest BCUT2D eigenvalue weighted by Crippen LogP contribution is 2.35. The first-order valence-corrected chi connectivity index (χ1v) is 10.5. The minimum Gasteiger partial charge on any atom is -0.492 e. The molecule has 0 spiro atoms. The molecule has 30 heavy (non-hydrogen) atoms. The predicted molar refractivity (Wildman–Crippen MR) is 109 cm³/mol. The Balaban J connectivity index is 1.76. The van der Waals surface area contributed by atoms with E-state index in [9.17, 15) is 15.3 Å². The van der Waals surface area contributed by atoms with Gasteiger partial charge in [0.2, 0.25) is 0 Å². The molecule has 3 aliphatic rings. The summed E-state index contributed by atoms with van der Waals surface area (Å²) in [6.45, 7) is 1.74. The van der Waals surface area contributed by atoms with Gasteiger partial charge < -0.3 is 57.8 Å². The second-order valence-corrected chi connectivity index (χ2v) is 8.88. The number of hydrogen-bond donors (Lipinski definition) is 8.